The van der Waals surface area contributed by atoms with E-state index in [9.17, 15) is 23.9 Å². The molecule has 6 nitrogen and oxygen atoms in total. The smallest absolute Gasteiger partial charge is 0.293 e. The van der Waals surface area contributed by atoms with Gasteiger partial charge in [-0.25, -0.2) is 4.39 Å². The van der Waals surface area contributed by atoms with E-state index in [1.807, 2.05) is 0 Å². The van der Waals surface area contributed by atoms with E-state index < -0.39 is 28.9 Å². The van der Waals surface area contributed by atoms with E-state index in [-0.39, 0.29) is 17.7 Å². The van der Waals surface area contributed by atoms with Gasteiger partial charge in [0.25, 0.3) is 17.4 Å². The zero-order valence-electron chi connectivity index (χ0n) is 14.0. The quantitative estimate of drug-likeness (QED) is 0.837. The first-order chi connectivity index (χ1) is 12.5. The summed E-state index contributed by atoms with van der Waals surface area (Å²) in [5, 5.41) is 10.3. The Morgan fingerprint density at radius 3 is 2.38 bits per heavy atom. The summed E-state index contributed by atoms with van der Waals surface area (Å²) in [5.41, 5.74) is 0.429. The van der Waals surface area contributed by atoms with E-state index >= 15 is 0 Å². The Morgan fingerprint density at radius 1 is 0.962 bits per heavy atom. The Morgan fingerprint density at radius 2 is 1.65 bits per heavy atom. The Hall–Kier alpha value is -2.96. The van der Waals surface area contributed by atoms with Crippen LogP contribution in [0.25, 0.3) is 0 Å². The van der Waals surface area contributed by atoms with Crippen LogP contribution in [0.5, 0.6) is 5.75 Å². The number of aromatic nitrogens is 1. The van der Waals surface area contributed by atoms with Gasteiger partial charge >= 0.3 is 0 Å². The van der Waals surface area contributed by atoms with Crippen LogP contribution in [0.2, 0.25) is 0 Å². The lowest BCUT2D eigenvalue weighted by atomic mass is 10.0. The minimum Gasteiger partial charge on any atom is -0.502 e. The molecule has 0 bridgehead atoms. The number of nitrogens with zero attached hydrogens (tertiary/aromatic N) is 2. The molecule has 0 spiro atoms. The van der Waals surface area contributed by atoms with Crippen LogP contribution in [-0.2, 0) is 19.5 Å². The summed E-state index contributed by atoms with van der Waals surface area (Å²) in [6, 6.07) is 5.49. The number of rotatable bonds is 2. The lowest BCUT2D eigenvalue weighted by Crippen LogP contribution is -2.29. The van der Waals surface area contributed by atoms with E-state index in [0.29, 0.717) is 24.2 Å². The molecule has 1 N–H and O–H groups in total. The standard InChI is InChI=1S/C19H17FN2O4/c20-12-7-5-11(6-8-12)10-22-17(24)14-13-4-2-1-3-9-21(13)19(26)16(23)15(14)18(22)25/h5-8,23H,1-4,9-10H2. The molecule has 0 atom stereocenters. The van der Waals surface area contributed by atoms with Gasteiger partial charge in [-0.15, -0.1) is 0 Å². The highest BCUT2D eigenvalue weighted by atomic mass is 19.1. The number of carbonyl (C=O) groups is 2. The Bertz CT molecular complexity index is 979. The average Bonchev–Trinajstić information content (AvgIpc) is 2.81. The number of pyridine rings is 1. The van der Waals surface area contributed by atoms with Crippen molar-refractivity contribution < 1.29 is 19.1 Å². The fourth-order valence-corrected chi connectivity index (χ4v) is 3.71. The van der Waals surface area contributed by atoms with E-state index in [1.165, 1.54) is 28.8 Å². The van der Waals surface area contributed by atoms with Crippen LogP contribution in [0, 0.1) is 5.82 Å². The molecule has 0 saturated carbocycles. The lowest BCUT2D eigenvalue weighted by Gasteiger charge is -2.14. The van der Waals surface area contributed by atoms with Crippen molar-refractivity contribution in [3.63, 3.8) is 0 Å². The number of fused-ring (bicyclic) bond motifs is 3. The van der Waals surface area contributed by atoms with Gasteiger partial charge in [0.15, 0.2) is 5.75 Å². The number of hydrogen-bond donors (Lipinski definition) is 1. The van der Waals surface area contributed by atoms with E-state index in [4.69, 9.17) is 0 Å². The molecule has 0 fully saturated rings. The molecule has 2 amide bonds. The molecule has 1 aromatic heterocycles. The van der Waals surface area contributed by atoms with Crippen LogP contribution in [0.1, 0.15) is 51.2 Å². The molecule has 0 radical (unpaired) electrons. The highest BCUT2D eigenvalue weighted by molar-refractivity contribution is 6.23. The minimum atomic E-state index is -0.684. The van der Waals surface area contributed by atoms with Crippen molar-refractivity contribution in [3.05, 3.63) is 62.8 Å². The Balaban J connectivity index is 1.81. The summed E-state index contributed by atoms with van der Waals surface area (Å²) in [5.74, 6) is -2.27. The van der Waals surface area contributed by atoms with Gasteiger partial charge in [-0.1, -0.05) is 18.6 Å². The fourth-order valence-electron chi connectivity index (χ4n) is 3.71. The molecule has 0 unspecified atom stereocenters. The monoisotopic (exact) mass is 356 g/mol. The SMILES string of the molecule is O=C1c2c(c3n(c(=O)c2O)CCCCC3)C(=O)N1Cc1ccc(F)cc1. The largest absolute Gasteiger partial charge is 0.502 e. The van der Waals surface area contributed by atoms with Crippen LogP contribution in [-0.4, -0.2) is 26.4 Å². The van der Waals surface area contributed by atoms with Crippen molar-refractivity contribution in [2.45, 2.75) is 38.8 Å². The molecule has 7 heteroatoms. The van der Waals surface area contributed by atoms with E-state index in [1.54, 1.807) is 0 Å². The van der Waals surface area contributed by atoms with Crippen LogP contribution in [0.15, 0.2) is 29.1 Å². The average molecular weight is 356 g/mol. The Labute approximate surface area is 148 Å². The molecule has 1 aromatic carbocycles. The molecule has 134 valence electrons. The third-order valence-corrected chi connectivity index (χ3v) is 5.02. The normalized spacial score (nSPS) is 16.4. The van der Waals surface area contributed by atoms with Gasteiger partial charge in [-0.3, -0.25) is 19.3 Å². The number of hydrogen-bond acceptors (Lipinski definition) is 4. The molecule has 26 heavy (non-hydrogen) atoms. The van der Waals surface area contributed by atoms with Crippen molar-refractivity contribution in [1.82, 2.24) is 9.47 Å². The summed E-state index contributed by atoms with van der Waals surface area (Å²) >= 11 is 0. The number of halogens is 1. The van der Waals surface area contributed by atoms with Crippen LogP contribution < -0.4 is 5.56 Å². The van der Waals surface area contributed by atoms with E-state index in [2.05, 4.69) is 0 Å². The molecule has 3 heterocycles. The van der Waals surface area contributed by atoms with Crippen LogP contribution in [0.3, 0.4) is 0 Å². The molecule has 4 rings (SSSR count). The maximum Gasteiger partial charge on any atom is 0.293 e. The van der Waals surface area contributed by atoms with E-state index in [0.717, 1.165) is 24.2 Å². The van der Waals surface area contributed by atoms with Gasteiger partial charge < -0.3 is 9.67 Å². The fraction of sp³-hybridized carbons (Fsp3) is 0.316. The molecule has 2 aliphatic heterocycles. The number of imide groups is 1. The summed E-state index contributed by atoms with van der Waals surface area (Å²) < 4.78 is 14.5. The first kappa shape index (κ1) is 16.5. The lowest BCUT2D eigenvalue weighted by molar-refractivity contribution is 0.0641. The van der Waals surface area contributed by atoms with Gasteiger partial charge in [-0.2, -0.15) is 0 Å². The maximum atomic E-state index is 13.1. The first-order valence-electron chi connectivity index (χ1n) is 8.58. The molecular formula is C19H17FN2O4. The Kier molecular flexibility index (Phi) is 3.86. The van der Waals surface area contributed by atoms with Gasteiger partial charge in [0.05, 0.1) is 12.1 Å². The second-order valence-corrected chi connectivity index (χ2v) is 6.64. The van der Waals surface area contributed by atoms with Gasteiger partial charge in [-0.05, 0) is 37.0 Å². The van der Waals surface area contributed by atoms with Crippen molar-refractivity contribution in [2.24, 2.45) is 0 Å². The third-order valence-electron chi connectivity index (χ3n) is 5.02. The molecule has 2 aromatic rings. The van der Waals surface area contributed by atoms with Gasteiger partial charge in [0, 0.05) is 12.2 Å². The van der Waals surface area contributed by atoms with Crippen LogP contribution in [0.4, 0.5) is 4.39 Å². The third kappa shape index (κ3) is 2.42. The topological polar surface area (TPSA) is 79.6 Å². The predicted octanol–water partition coefficient (Wildman–Crippen LogP) is 2.22. The van der Waals surface area contributed by atoms with Gasteiger partial charge in [0.2, 0.25) is 0 Å². The van der Waals surface area contributed by atoms with Crippen molar-refractivity contribution in [1.29, 1.82) is 0 Å². The molecule has 2 aliphatic rings. The highest BCUT2D eigenvalue weighted by Crippen LogP contribution is 2.33. The van der Waals surface area contributed by atoms with Crippen molar-refractivity contribution >= 4 is 11.8 Å². The summed E-state index contributed by atoms with van der Waals surface area (Å²) in [7, 11) is 0. The minimum absolute atomic E-state index is 0.0420. The molecule has 0 aliphatic carbocycles. The predicted molar refractivity (Wildman–Crippen MR) is 90.5 cm³/mol. The van der Waals surface area contributed by atoms with Crippen LogP contribution >= 0.6 is 0 Å². The number of aromatic hydroxyl groups is 1. The molecular weight excluding hydrogens is 339 g/mol. The number of carbonyl (C=O) groups excluding carboxylic acids is 2. The zero-order valence-corrected chi connectivity index (χ0v) is 14.0. The summed E-state index contributed by atoms with van der Waals surface area (Å²) in [6.45, 7) is 0.383. The second-order valence-electron chi connectivity index (χ2n) is 6.64. The zero-order chi connectivity index (χ0) is 18.4. The maximum absolute atomic E-state index is 13.1. The first-order valence-corrected chi connectivity index (χ1v) is 8.58. The summed E-state index contributed by atoms with van der Waals surface area (Å²) in [6.07, 6.45) is 3.03. The number of amides is 2. The highest BCUT2D eigenvalue weighted by Gasteiger charge is 2.42. The molecule has 0 saturated heterocycles. The van der Waals surface area contributed by atoms with Crippen molar-refractivity contribution in [3.8, 4) is 5.75 Å². The summed E-state index contributed by atoms with van der Waals surface area (Å²) in [4.78, 5) is 39.1. The van der Waals surface area contributed by atoms with Crippen molar-refractivity contribution in [2.75, 3.05) is 0 Å². The van der Waals surface area contributed by atoms with Gasteiger partial charge in [0.1, 0.15) is 11.4 Å². The second kappa shape index (κ2) is 6.09. The number of benzene rings is 1.